The minimum atomic E-state index is 0.233. The van der Waals surface area contributed by atoms with E-state index in [-0.39, 0.29) is 13.2 Å². The standard InChI is InChI=1S/C20H16N2O2/c1-3-11-23-19-9-5-7-17(13-19)15-21-22-16-18-8-6-10-20(14-18)24-12-4-2/h1-2,5-10,13-16H,11-12H2/b21-15+,22-16+. The van der Waals surface area contributed by atoms with Crippen LogP contribution in [-0.2, 0) is 0 Å². The van der Waals surface area contributed by atoms with Gasteiger partial charge in [-0.15, -0.1) is 12.8 Å². The summed E-state index contributed by atoms with van der Waals surface area (Å²) in [6, 6.07) is 14.9. The smallest absolute Gasteiger partial charge is 0.148 e. The third-order valence-corrected chi connectivity index (χ3v) is 2.84. The van der Waals surface area contributed by atoms with Crippen LogP contribution in [0, 0.1) is 24.7 Å². The van der Waals surface area contributed by atoms with E-state index in [0.717, 1.165) is 11.1 Å². The molecule has 24 heavy (non-hydrogen) atoms. The molecule has 4 nitrogen and oxygen atoms in total. The van der Waals surface area contributed by atoms with Crippen molar-refractivity contribution in [2.24, 2.45) is 10.2 Å². The van der Waals surface area contributed by atoms with Crippen LogP contribution < -0.4 is 9.47 Å². The summed E-state index contributed by atoms with van der Waals surface area (Å²) in [4.78, 5) is 0. The average molecular weight is 316 g/mol. The van der Waals surface area contributed by atoms with Gasteiger partial charge in [-0.1, -0.05) is 36.1 Å². The fraction of sp³-hybridized carbons (Fsp3) is 0.100. The topological polar surface area (TPSA) is 43.2 Å². The lowest BCUT2D eigenvalue weighted by atomic mass is 10.2. The maximum Gasteiger partial charge on any atom is 0.148 e. The Hall–Kier alpha value is -3.50. The second-order valence-corrected chi connectivity index (χ2v) is 4.62. The number of ether oxygens (including phenoxy) is 2. The molecule has 118 valence electrons. The predicted octanol–water partition coefficient (Wildman–Crippen LogP) is 3.16. The van der Waals surface area contributed by atoms with Gasteiger partial charge >= 0.3 is 0 Å². The molecule has 0 heterocycles. The van der Waals surface area contributed by atoms with Gasteiger partial charge in [0.15, 0.2) is 0 Å². The summed E-state index contributed by atoms with van der Waals surface area (Å²) >= 11 is 0. The molecule has 4 heteroatoms. The van der Waals surface area contributed by atoms with Gasteiger partial charge in [0.1, 0.15) is 24.7 Å². The zero-order valence-electron chi connectivity index (χ0n) is 13.1. The van der Waals surface area contributed by atoms with E-state index in [1.807, 2.05) is 48.5 Å². The summed E-state index contributed by atoms with van der Waals surface area (Å²) in [5, 5.41) is 8.05. The molecular formula is C20H16N2O2. The molecule has 2 aromatic rings. The number of nitrogens with zero attached hydrogens (tertiary/aromatic N) is 2. The zero-order valence-corrected chi connectivity index (χ0v) is 13.1. The van der Waals surface area contributed by atoms with Crippen LogP contribution in [0.4, 0.5) is 0 Å². The molecule has 2 aromatic carbocycles. The van der Waals surface area contributed by atoms with Crippen LogP contribution in [-0.4, -0.2) is 25.6 Å². The average Bonchev–Trinajstić information content (AvgIpc) is 2.62. The lowest BCUT2D eigenvalue weighted by Gasteiger charge is -2.02. The van der Waals surface area contributed by atoms with E-state index in [9.17, 15) is 0 Å². The molecule has 0 aliphatic rings. The summed E-state index contributed by atoms with van der Waals surface area (Å²) < 4.78 is 10.7. The second kappa shape index (κ2) is 9.50. The van der Waals surface area contributed by atoms with Crippen LogP contribution in [0.1, 0.15) is 11.1 Å². The lowest BCUT2D eigenvalue weighted by molar-refractivity contribution is 0.370. The molecule has 0 atom stereocenters. The first kappa shape index (κ1) is 16.9. The number of rotatable bonds is 7. The molecule has 0 saturated heterocycles. The molecule has 0 spiro atoms. The van der Waals surface area contributed by atoms with Crippen molar-refractivity contribution in [1.29, 1.82) is 0 Å². The maximum absolute atomic E-state index is 5.35. The molecule has 0 radical (unpaired) electrons. The summed E-state index contributed by atoms with van der Waals surface area (Å²) in [6.45, 7) is 0.466. The third-order valence-electron chi connectivity index (χ3n) is 2.84. The van der Waals surface area contributed by atoms with Gasteiger partial charge in [-0.3, -0.25) is 0 Å². The predicted molar refractivity (Wildman–Crippen MR) is 96.7 cm³/mol. The number of benzene rings is 2. The first-order valence-electron chi connectivity index (χ1n) is 7.21. The van der Waals surface area contributed by atoms with Crippen molar-refractivity contribution in [1.82, 2.24) is 0 Å². The Kier molecular flexibility index (Phi) is 6.68. The van der Waals surface area contributed by atoms with E-state index < -0.39 is 0 Å². The number of hydrogen-bond donors (Lipinski definition) is 0. The summed E-state index contributed by atoms with van der Waals surface area (Å²) in [6.07, 6.45) is 13.6. The zero-order chi connectivity index (χ0) is 17.0. The van der Waals surface area contributed by atoms with E-state index in [2.05, 4.69) is 22.0 Å². The third kappa shape index (κ3) is 5.71. The molecule has 0 N–H and O–H groups in total. The minimum Gasteiger partial charge on any atom is -0.481 e. The maximum atomic E-state index is 5.35. The van der Waals surface area contributed by atoms with Gasteiger partial charge in [0.2, 0.25) is 0 Å². The normalized spacial score (nSPS) is 10.4. The van der Waals surface area contributed by atoms with Crippen molar-refractivity contribution < 1.29 is 9.47 Å². The molecular weight excluding hydrogens is 300 g/mol. The molecule has 0 amide bonds. The Balaban J connectivity index is 1.97. The van der Waals surface area contributed by atoms with Crippen LogP contribution in [0.5, 0.6) is 11.5 Å². The molecule has 0 unspecified atom stereocenters. The fourth-order valence-electron chi connectivity index (χ4n) is 1.82. The van der Waals surface area contributed by atoms with Crippen molar-refractivity contribution in [3.05, 3.63) is 59.7 Å². The van der Waals surface area contributed by atoms with Gasteiger partial charge in [0.25, 0.3) is 0 Å². The SMILES string of the molecule is C#CCOc1cccc(/C=N/N=C/c2cccc(OCC#C)c2)c1. The van der Waals surface area contributed by atoms with Crippen molar-refractivity contribution >= 4 is 12.4 Å². The van der Waals surface area contributed by atoms with E-state index in [0.29, 0.717) is 11.5 Å². The van der Waals surface area contributed by atoms with Crippen LogP contribution in [0.3, 0.4) is 0 Å². The van der Waals surface area contributed by atoms with Gasteiger partial charge in [-0.2, -0.15) is 10.2 Å². The van der Waals surface area contributed by atoms with Gasteiger partial charge < -0.3 is 9.47 Å². The van der Waals surface area contributed by atoms with Crippen molar-refractivity contribution in [3.8, 4) is 36.2 Å². The molecule has 0 aromatic heterocycles. The number of terminal acetylenes is 2. The van der Waals surface area contributed by atoms with E-state index in [1.165, 1.54) is 0 Å². The second-order valence-electron chi connectivity index (χ2n) is 4.62. The Morgan fingerprint density at radius 3 is 1.67 bits per heavy atom. The number of hydrogen-bond acceptors (Lipinski definition) is 4. The van der Waals surface area contributed by atoms with Gasteiger partial charge in [0.05, 0.1) is 12.4 Å². The van der Waals surface area contributed by atoms with Crippen molar-refractivity contribution in [3.63, 3.8) is 0 Å². The first-order valence-corrected chi connectivity index (χ1v) is 7.21. The van der Waals surface area contributed by atoms with Gasteiger partial charge in [-0.05, 0) is 35.4 Å². The summed E-state index contributed by atoms with van der Waals surface area (Å²) in [7, 11) is 0. The highest BCUT2D eigenvalue weighted by Gasteiger charge is 1.95. The van der Waals surface area contributed by atoms with Crippen LogP contribution in [0.15, 0.2) is 58.7 Å². The first-order chi connectivity index (χ1) is 11.8. The van der Waals surface area contributed by atoms with E-state index >= 15 is 0 Å². The highest BCUT2D eigenvalue weighted by Crippen LogP contribution is 2.13. The lowest BCUT2D eigenvalue weighted by Crippen LogP contribution is -1.94. The Bertz CT molecular complexity index is 741. The van der Waals surface area contributed by atoms with Crippen LogP contribution >= 0.6 is 0 Å². The van der Waals surface area contributed by atoms with Crippen molar-refractivity contribution in [2.75, 3.05) is 13.2 Å². The van der Waals surface area contributed by atoms with Gasteiger partial charge in [0, 0.05) is 0 Å². The quantitative estimate of drug-likeness (QED) is 0.447. The minimum absolute atomic E-state index is 0.233. The molecule has 2 rings (SSSR count). The highest BCUT2D eigenvalue weighted by atomic mass is 16.5. The van der Waals surface area contributed by atoms with E-state index in [4.69, 9.17) is 22.3 Å². The summed E-state index contributed by atoms with van der Waals surface area (Å²) in [5.74, 6) is 6.23. The largest absolute Gasteiger partial charge is 0.481 e. The van der Waals surface area contributed by atoms with Crippen LogP contribution in [0.2, 0.25) is 0 Å². The monoisotopic (exact) mass is 316 g/mol. The Morgan fingerprint density at radius 1 is 0.792 bits per heavy atom. The Morgan fingerprint density at radius 2 is 1.25 bits per heavy atom. The molecule has 0 bridgehead atoms. The molecule has 0 aliphatic carbocycles. The molecule has 0 saturated carbocycles. The fourth-order valence-corrected chi connectivity index (χ4v) is 1.82. The summed E-state index contributed by atoms with van der Waals surface area (Å²) in [5.41, 5.74) is 1.74. The highest BCUT2D eigenvalue weighted by molar-refractivity contribution is 5.83. The van der Waals surface area contributed by atoms with Crippen molar-refractivity contribution in [2.45, 2.75) is 0 Å². The molecule has 0 fully saturated rings. The molecule has 0 aliphatic heterocycles. The van der Waals surface area contributed by atoms with E-state index in [1.54, 1.807) is 12.4 Å². The Labute approximate surface area is 141 Å². The van der Waals surface area contributed by atoms with Gasteiger partial charge in [-0.25, -0.2) is 0 Å². The van der Waals surface area contributed by atoms with Crippen LogP contribution in [0.25, 0.3) is 0 Å².